The minimum Gasteiger partial charge on any atom is -0.354 e. The van der Waals surface area contributed by atoms with Crippen molar-refractivity contribution in [1.29, 1.82) is 0 Å². The van der Waals surface area contributed by atoms with E-state index < -0.39 is 0 Å². The Morgan fingerprint density at radius 2 is 1.97 bits per heavy atom. The molecular weight excluding hydrogens is 368 g/mol. The molecule has 8 heteroatoms. The molecule has 3 aromatic rings. The van der Waals surface area contributed by atoms with E-state index in [2.05, 4.69) is 25.4 Å². The van der Waals surface area contributed by atoms with E-state index >= 15 is 0 Å². The second-order valence-corrected chi connectivity index (χ2v) is 7.13. The Kier molecular flexibility index (Phi) is 5.33. The van der Waals surface area contributed by atoms with Crippen LogP contribution in [-0.4, -0.2) is 44.5 Å². The highest BCUT2D eigenvalue weighted by atomic mass is 16.2. The van der Waals surface area contributed by atoms with Crippen LogP contribution in [0.1, 0.15) is 30.1 Å². The average molecular weight is 390 g/mol. The molecule has 148 valence electrons. The average Bonchev–Trinajstić information content (AvgIpc) is 3.29. The number of ketones is 1. The molecule has 0 spiro atoms. The first-order chi connectivity index (χ1) is 14.1. The first kappa shape index (κ1) is 18.8. The van der Waals surface area contributed by atoms with E-state index in [1.807, 2.05) is 18.3 Å². The second-order valence-electron chi connectivity index (χ2n) is 7.13. The Labute approximate surface area is 168 Å². The summed E-state index contributed by atoms with van der Waals surface area (Å²) in [6.07, 6.45) is 6.89. The molecule has 1 aliphatic rings. The lowest BCUT2D eigenvalue weighted by Gasteiger charge is -2.32. The molecule has 1 aliphatic heterocycles. The van der Waals surface area contributed by atoms with E-state index in [1.165, 1.54) is 6.92 Å². The molecule has 1 N–H and O–H groups in total. The van der Waals surface area contributed by atoms with Gasteiger partial charge in [-0.1, -0.05) is 12.1 Å². The van der Waals surface area contributed by atoms with Crippen LogP contribution in [0.4, 0.5) is 11.5 Å². The smallest absolute Gasteiger partial charge is 0.229 e. The SMILES string of the molecule is CC(=O)c1cccc(NC(=O)[C@@H]2CCCN(c3ccc(-n4ccnc4)nn3)C2)c1. The third-order valence-electron chi connectivity index (χ3n) is 5.06. The zero-order chi connectivity index (χ0) is 20.2. The van der Waals surface area contributed by atoms with E-state index in [4.69, 9.17) is 0 Å². The number of benzene rings is 1. The fourth-order valence-corrected chi connectivity index (χ4v) is 3.48. The third kappa shape index (κ3) is 4.31. The van der Waals surface area contributed by atoms with Crippen molar-refractivity contribution in [3.05, 3.63) is 60.7 Å². The molecule has 3 heterocycles. The zero-order valence-corrected chi connectivity index (χ0v) is 16.2. The van der Waals surface area contributed by atoms with Crippen LogP contribution in [-0.2, 0) is 4.79 Å². The van der Waals surface area contributed by atoms with Gasteiger partial charge in [0.25, 0.3) is 0 Å². The number of amides is 1. The van der Waals surface area contributed by atoms with E-state index in [-0.39, 0.29) is 17.6 Å². The number of hydrogen-bond acceptors (Lipinski definition) is 6. The lowest BCUT2D eigenvalue weighted by Crippen LogP contribution is -2.41. The molecular formula is C21H22N6O2. The number of carbonyl (C=O) groups is 2. The lowest BCUT2D eigenvalue weighted by atomic mass is 9.97. The summed E-state index contributed by atoms with van der Waals surface area (Å²) in [5.74, 6) is 1.23. The minimum absolute atomic E-state index is 0.0253. The highest BCUT2D eigenvalue weighted by Crippen LogP contribution is 2.23. The number of Topliss-reactive ketones (excluding diaryl/α,β-unsaturated/α-hetero) is 1. The number of piperidine rings is 1. The maximum absolute atomic E-state index is 12.8. The van der Waals surface area contributed by atoms with Gasteiger partial charge in [-0.25, -0.2) is 4.98 Å². The molecule has 0 aliphatic carbocycles. The normalized spacial score (nSPS) is 16.4. The van der Waals surface area contributed by atoms with Crippen LogP contribution in [0, 0.1) is 5.92 Å². The Morgan fingerprint density at radius 1 is 1.14 bits per heavy atom. The van der Waals surface area contributed by atoms with Crippen molar-refractivity contribution >= 4 is 23.2 Å². The summed E-state index contributed by atoms with van der Waals surface area (Å²) in [7, 11) is 0. The predicted octanol–water partition coefficient (Wildman–Crippen LogP) is 2.72. The van der Waals surface area contributed by atoms with E-state index in [0.717, 1.165) is 25.2 Å². The molecule has 1 fully saturated rings. The molecule has 0 unspecified atom stereocenters. The number of aromatic nitrogens is 4. The number of imidazole rings is 1. The Hall–Kier alpha value is -3.55. The van der Waals surface area contributed by atoms with Gasteiger partial charge in [0.1, 0.15) is 6.33 Å². The van der Waals surface area contributed by atoms with Crippen LogP contribution in [0.5, 0.6) is 0 Å². The number of hydrogen-bond donors (Lipinski definition) is 1. The van der Waals surface area contributed by atoms with Gasteiger partial charge in [0.05, 0.1) is 5.92 Å². The molecule has 29 heavy (non-hydrogen) atoms. The van der Waals surface area contributed by atoms with Crippen molar-refractivity contribution in [3.63, 3.8) is 0 Å². The monoisotopic (exact) mass is 390 g/mol. The molecule has 1 saturated heterocycles. The van der Waals surface area contributed by atoms with Gasteiger partial charge in [0.2, 0.25) is 5.91 Å². The Bertz CT molecular complexity index is 1000. The van der Waals surface area contributed by atoms with Crippen molar-refractivity contribution in [2.45, 2.75) is 19.8 Å². The van der Waals surface area contributed by atoms with Gasteiger partial charge in [-0.15, -0.1) is 10.2 Å². The van der Waals surface area contributed by atoms with Crippen LogP contribution in [0.15, 0.2) is 55.1 Å². The molecule has 0 bridgehead atoms. The van der Waals surface area contributed by atoms with Gasteiger partial charge in [-0.2, -0.15) is 0 Å². The fourth-order valence-electron chi connectivity index (χ4n) is 3.48. The molecule has 1 aromatic carbocycles. The van der Waals surface area contributed by atoms with Crippen molar-refractivity contribution in [2.24, 2.45) is 5.92 Å². The summed E-state index contributed by atoms with van der Waals surface area (Å²) in [5, 5.41) is 11.5. The van der Waals surface area contributed by atoms with E-state index in [1.54, 1.807) is 41.4 Å². The third-order valence-corrected chi connectivity index (χ3v) is 5.06. The molecule has 0 saturated carbocycles. The first-order valence-electron chi connectivity index (χ1n) is 9.59. The number of nitrogens with zero attached hydrogens (tertiary/aromatic N) is 5. The van der Waals surface area contributed by atoms with Crippen LogP contribution in [0.2, 0.25) is 0 Å². The summed E-state index contributed by atoms with van der Waals surface area (Å²) in [4.78, 5) is 30.4. The highest BCUT2D eigenvalue weighted by molar-refractivity contribution is 5.97. The summed E-state index contributed by atoms with van der Waals surface area (Å²) < 4.78 is 1.79. The molecule has 1 amide bonds. The van der Waals surface area contributed by atoms with E-state index in [0.29, 0.717) is 23.6 Å². The molecule has 4 rings (SSSR count). The fraction of sp³-hybridized carbons (Fsp3) is 0.286. The summed E-state index contributed by atoms with van der Waals surface area (Å²) in [6.45, 7) is 2.93. The topological polar surface area (TPSA) is 93.0 Å². The zero-order valence-electron chi connectivity index (χ0n) is 16.2. The first-order valence-corrected chi connectivity index (χ1v) is 9.59. The minimum atomic E-state index is -0.153. The summed E-state index contributed by atoms with van der Waals surface area (Å²) >= 11 is 0. The summed E-state index contributed by atoms with van der Waals surface area (Å²) in [6, 6.07) is 10.8. The van der Waals surface area contributed by atoms with Crippen molar-refractivity contribution in [2.75, 3.05) is 23.3 Å². The number of anilines is 2. The number of nitrogens with one attached hydrogen (secondary N) is 1. The molecule has 2 aromatic heterocycles. The van der Waals surface area contributed by atoms with Gasteiger partial charge in [0.15, 0.2) is 17.4 Å². The predicted molar refractivity (Wildman–Crippen MR) is 109 cm³/mol. The van der Waals surface area contributed by atoms with Crippen LogP contribution >= 0.6 is 0 Å². The van der Waals surface area contributed by atoms with Crippen molar-refractivity contribution < 1.29 is 9.59 Å². The van der Waals surface area contributed by atoms with Gasteiger partial charge in [-0.05, 0) is 44.0 Å². The maximum atomic E-state index is 12.8. The molecule has 0 radical (unpaired) electrons. The quantitative estimate of drug-likeness (QED) is 0.674. The highest BCUT2D eigenvalue weighted by Gasteiger charge is 2.27. The van der Waals surface area contributed by atoms with Crippen LogP contribution < -0.4 is 10.2 Å². The number of rotatable bonds is 5. The maximum Gasteiger partial charge on any atom is 0.229 e. The molecule has 8 nitrogen and oxygen atoms in total. The van der Waals surface area contributed by atoms with Crippen molar-refractivity contribution in [3.8, 4) is 5.82 Å². The van der Waals surface area contributed by atoms with Gasteiger partial charge >= 0.3 is 0 Å². The lowest BCUT2D eigenvalue weighted by molar-refractivity contribution is -0.120. The molecule has 1 atom stereocenters. The van der Waals surface area contributed by atoms with E-state index in [9.17, 15) is 9.59 Å². The standard InChI is InChI=1S/C21H22N6O2/c1-15(28)16-4-2-6-18(12-16)23-21(29)17-5-3-10-26(13-17)19-7-8-20(25-24-19)27-11-9-22-14-27/h2,4,6-9,11-12,14,17H,3,5,10,13H2,1H3,(H,23,29)/t17-/m1/s1. The Balaban J connectivity index is 1.42. The van der Waals surface area contributed by atoms with Crippen LogP contribution in [0.3, 0.4) is 0 Å². The van der Waals surface area contributed by atoms with Crippen LogP contribution in [0.25, 0.3) is 5.82 Å². The second kappa shape index (κ2) is 8.22. The number of carbonyl (C=O) groups excluding carboxylic acids is 2. The summed E-state index contributed by atoms with van der Waals surface area (Å²) in [5.41, 5.74) is 1.23. The Morgan fingerprint density at radius 3 is 2.69 bits per heavy atom. The largest absolute Gasteiger partial charge is 0.354 e. The van der Waals surface area contributed by atoms with Crippen molar-refractivity contribution in [1.82, 2.24) is 19.7 Å². The van der Waals surface area contributed by atoms with Gasteiger partial charge in [0, 0.05) is 36.7 Å². The van der Waals surface area contributed by atoms with Gasteiger partial charge in [-0.3, -0.25) is 14.2 Å². The van der Waals surface area contributed by atoms with Gasteiger partial charge < -0.3 is 10.2 Å².